The van der Waals surface area contributed by atoms with E-state index in [1.807, 2.05) is 12.3 Å². The van der Waals surface area contributed by atoms with Gasteiger partial charge in [-0.25, -0.2) is 9.97 Å². The van der Waals surface area contributed by atoms with Gasteiger partial charge in [-0.2, -0.15) is 0 Å². The molecule has 19 heavy (non-hydrogen) atoms. The number of pyridine rings is 1. The van der Waals surface area contributed by atoms with Crippen molar-refractivity contribution in [2.75, 3.05) is 6.54 Å². The number of fused-ring (bicyclic) bond motifs is 1. The molecule has 0 bridgehead atoms. The van der Waals surface area contributed by atoms with E-state index in [9.17, 15) is 0 Å². The predicted octanol–water partition coefficient (Wildman–Crippen LogP) is 2.36. The lowest BCUT2D eigenvalue weighted by Gasteiger charge is -2.22. The number of aromatic nitrogens is 3. The van der Waals surface area contributed by atoms with Gasteiger partial charge in [0.25, 0.3) is 0 Å². The highest BCUT2D eigenvalue weighted by Gasteiger charge is 2.19. The summed E-state index contributed by atoms with van der Waals surface area (Å²) < 4.78 is 0.939. The lowest BCUT2D eigenvalue weighted by Crippen LogP contribution is -2.23. The van der Waals surface area contributed by atoms with Gasteiger partial charge >= 0.3 is 0 Å². The van der Waals surface area contributed by atoms with Gasteiger partial charge in [0.15, 0.2) is 5.82 Å². The van der Waals surface area contributed by atoms with Gasteiger partial charge in [-0.3, -0.25) is 4.98 Å². The zero-order valence-electron chi connectivity index (χ0n) is 10.5. The van der Waals surface area contributed by atoms with Gasteiger partial charge in [0.2, 0.25) is 0 Å². The highest BCUT2D eigenvalue weighted by atomic mass is 79.9. The monoisotopic (exact) mass is 318 g/mol. The first-order valence-electron chi connectivity index (χ1n) is 6.42. The molecule has 2 aromatic rings. The van der Waals surface area contributed by atoms with Crippen molar-refractivity contribution in [3.05, 3.63) is 40.4 Å². The highest BCUT2D eigenvalue weighted by molar-refractivity contribution is 9.10. The Hall–Kier alpha value is -1.33. The summed E-state index contributed by atoms with van der Waals surface area (Å²) in [6.45, 7) is 0.747. The van der Waals surface area contributed by atoms with E-state index in [-0.39, 0.29) is 0 Å². The van der Waals surface area contributed by atoms with Crippen LogP contribution in [0.5, 0.6) is 0 Å². The summed E-state index contributed by atoms with van der Waals surface area (Å²) in [4.78, 5) is 13.3. The first-order valence-corrected chi connectivity index (χ1v) is 7.21. The summed E-state index contributed by atoms with van der Waals surface area (Å²) in [7, 11) is 0. The molecule has 0 amide bonds. The topological polar surface area (TPSA) is 64.7 Å². The van der Waals surface area contributed by atoms with Crippen molar-refractivity contribution >= 4 is 15.9 Å². The van der Waals surface area contributed by atoms with E-state index in [0.717, 1.165) is 47.4 Å². The average Bonchev–Trinajstić information content (AvgIpc) is 2.46. The quantitative estimate of drug-likeness (QED) is 0.923. The molecule has 0 aromatic carbocycles. The predicted molar refractivity (Wildman–Crippen MR) is 77.5 cm³/mol. The number of aryl methyl sites for hydroxylation is 1. The summed E-state index contributed by atoms with van der Waals surface area (Å²) in [5.74, 6) is 1.33. The largest absolute Gasteiger partial charge is 0.330 e. The van der Waals surface area contributed by atoms with E-state index in [2.05, 4.69) is 30.9 Å². The van der Waals surface area contributed by atoms with E-state index < -0.39 is 0 Å². The fourth-order valence-electron chi connectivity index (χ4n) is 2.46. The molecular weight excluding hydrogens is 304 g/mol. The van der Waals surface area contributed by atoms with Crippen LogP contribution in [-0.2, 0) is 12.8 Å². The molecule has 0 radical (unpaired) electrons. The molecule has 5 heteroatoms. The molecule has 3 rings (SSSR count). The fourth-order valence-corrected chi connectivity index (χ4v) is 2.82. The Morgan fingerprint density at radius 1 is 1.32 bits per heavy atom. The van der Waals surface area contributed by atoms with Gasteiger partial charge in [-0.05, 0) is 59.3 Å². The van der Waals surface area contributed by atoms with Crippen LogP contribution in [0, 0.1) is 5.92 Å². The summed E-state index contributed by atoms with van der Waals surface area (Å²) >= 11 is 3.42. The van der Waals surface area contributed by atoms with Crippen LogP contribution in [0.2, 0.25) is 0 Å². The zero-order valence-corrected chi connectivity index (χ0v) is 12.1. The molecule has 2 heterocycles. The van der Waals surface area contributed by atoms with Crippen molar-refractivity contribution in [3.63, 3.8) is 0 Å². The molecule has 1 aliphatic rings. The summed E-state index contributed by atoms with van der Waals surface area (Å²) in [6, 6.07) is 1.99. The lowest BCUT2D eigenvalue weighted by molar-refractivity contribution is 0.462. The molecule has 0 saturated carbocycles. The van der Waals surface area contributed by atoms with E-state index in [0.29, 0.717) is 5.92 Å². The Kier molecular flexibility index (Phi) is 3.57. The Labute approximate surface area is 120 Å². The van der Waals surface area contributed by atoms with Crippen LogP contribution in [-0.4, -0.2) is 21.5 Å². The van der Waals surface area contributed by atoms with Gasteiger partial charge in [-0.1, -0.05) is 0 Å². The molecule has 1 unspecified atom stereocenters. The van der Waals surface area contributed by atoms with Crippen LogP contribution < -0.4 is 5.73 Å². The van der Waals surface area contributed by atoms with Gasteiger partial charge in [0, 0.05) is 34.3 Å². The molecule has 2 N–H and O–H groups in total. The maximum Gasteiger partial charge on any atom is 0.160 e. The van der Waals surface area contributed by atoms with E-state index >= 15 is 0 Å². The minimum Gasteiger partial charge on any atom is -0.330 e. The molecule has 98 valence electrons. The molecule has 0 fully saturated rings. The van der Waals surface area contributed by atoms with Crippen LogP contribution >= 0.6 is 15.9 Å². The summed E-state index contributed by atoms with van der Waals surface area (Å²) in [6.07, 6.45) is 8.61. The minimum atomic E-state index is 0.578. The molecule has 0 spiro atoms. The van der Waals surface area contributed by atoms with Crippen molar-refractivity contribution < 1.29 is 0 Å². The Morgan fingerprint density at radius 2 is 2.21 bits per heavy atom. The maximum atomic E-state index is 5.74. The molecule has 0 aliphatic heterocycles. The third kappa shape index (κ3) is 2.67. The summed E-state index contributed by atoms with van der Waals surface area (Å²) in [5, 5.41) is 0. The first kappa shape index (κ1) is 12.7. The van der Waals surface area contributed by atoms with Gasteiger partial charge in [0.1, 0.15) is 0 Å². The minimum absolute atomic E-state index is 0.578. The molecule has 2 aromatic heterocycles. The smallest absolute Gasteiger partial charge is 0.160 e. The van der Waals surface area contributed by atoms with Crippen molar-refractivity contribution in [2.24, 2.45) is 11.7 Å². The third-order valence-corrected chi connectivity index (χ3v) is 3.98. The highest BCUT2D eigenvalue weighted by Crippen LogP contribution is 2.25. The third-order valence-electron chi connectivity index (χ3n) is 3.55. The second-order valence-corrected chi connectivity index (χ2v) is 5.82. The maximum absolute atomic E-state index is 5.74. The summed E-state index contributed by atoms with van der Waals surface area (Å²) in [5.41, 5.74) is 9.09. The number of halogens is 1. The van der Waals surface area contributed by atoms with Crippen LogP contribution in [0.25, 0.3) is 11.4 Å². The van der Waals surface area contributed by atoms with Gasteiger partial charge < -0.3 is 5.73 Å². The van der Waals surface area contributed by atoms with Crippen molar-refractivity contribution in [1.29, 1.82) is 0 Å². The molecule has 1 atom stereocenters. The number of nitrogens with zero attached hydrogens (tertiary/aromatic N) is 3. The first-order chi connectivity index (χ1) is 9.26. The van der Waals surface area contributed by atoms with Crippen molar-refractivity contribution in [3.8, 4) is 11.4 Å². The van der Waals surface area contributed by atoms with Crippen LogP contribution in [0.1, 0.15) is 17.7 Å². The fraction of sp³-hybridized carbons (Fsp3) is 0.357. The van der Waals surface area contributed by atoms with E-state index in [4.69, 9.17) is 5.73 Å². The molecular formula is C14H15BrN4. The Bertz CT molecular complexity index is 600. The van der Waals surface area contributed by atoms with Gasteiger partial charge in [-0.15, -0.1) is 0 Å². The standard InChI is InChI=1S/C14H15BrN4/c15-12-4-11(6-17-8-12)14-18-7-10-3-9(5-16)1-2-13(10)19-14/h4,6-9H,1-3,5,16H2. The number of hydrogen-bond donors (Lipinski definition) is 1. The molecule has 1 aliphatic carbocycles. The van der Waals surface area contributed by atoms with Gasteiger partial charge in [0.05, 0.1) is 0 Å². The van der Waals surface area contributed by atoms with Crippen molar-refractivity contribution in [1.82, 2.24) is 15.0 Å². The van der Waals surface area contributed by atoms with E-state index in [1.165, 1.54) is 5.56 Å². The molecule has 4 nitrogen and oxygen atoms in total. The number of hydrogen-bond acceptors (Lipinski definition) is 4. The van der Waals surface area contributed by atoms with Crippen LogP contribution in [0.15, 0.2) is 29.1 Å². The Morgan fingerprint density at radius 3 is 3.00 bits per heavy atom. The second kappa shape index (κ2) is 5.35. The number of rotatable bonds is 2. The lowest BCUT2D eigenvalue weighted by atomic mass is 9.87. The Balaban J connectivity index is 1.94. The van der Waals surface area contributed by atoms with Crippen LogP contribution in [0.3, 0.4) is 0 Å². The van der Waals surface area contributed by atoms with E-state index in [1.54, 1.807) is 12.4 Å². The number of nitrogens with two attached hydrogens (primary N) is 1. The normalized spacial score (nSPS) is 18.1. The van der Waals surface area contributed by atoms with Crippen LogP contribution in [0.4, 0.5) is 0 Å². The second-order valence-electron chi connectivity index (χ2n) is 4.90. The SMILES string of the molecule is NCC1CCc2nc(-c3cncc(Br)c3)ncc2C1. The van der Waals surface area contributed by atoms with Crippen molar-refractivity contribution in [2.45, 2.75) is 19.3 Å². The molecule has 0 saturated heterocycles. The zero-order chi connectivity index (χ0) is 13.2. The average molecular weight is 319 g/mol.